The van der Waals surface area contributed by atoms with Crippen LogP contribution in [0.1, 0.15) is 55.8 Å². The first kappa shape index (κ1) is 15.3. The van der Waals surface area contributed by atoms with E-state index < -0.39 is 0 Å². The van der Waals surface area contributed by atoms with Crippen molar-refractivity contribution in [1.82, 2.24) is 10.3 Å². The highest BCUT2D eigenvalue weighted by Crippen LogP contribution is 2.26. The van der Waals surface area contributed by atoms with Gasteiger partial charge in [-0.1, -0.05) is 26.2 Å². The van der Waals surface area contributed by atoms with Gasteiger partial charge in [0.05, 0.1) is 12.3 Å². The molecule has 4 nitrogen and oxygen atoms in total. The predicted molar refractivity (Wildman–Crippen MR) is 79.4 cm³/mol. The molecule has 0 spiro atoms. The van der Waals surface area contributed by atoms with Crippen molar-refractivity contribution in [2.45, 2.75) is 65.1 Å². The highest BCUT2D eigenvalue weighted by atomic mass is 16.3. The second-order valence-corrected chi connectivity index (χ2v) is 5.96. The van der Waals surface area contributed by atoms with Crippen LogP contribution in [-0.4, -0.2) is 21.2 Å². The van der Waals surface area contributed by atoms with Crippen molar-refractivity contribution in [3.8, 4) is 5.75 Å². The Kier molecular flexibility index (Phi) is 5.38. The molecular formula is C16H26N2O2. The van der Waals surface area contributed by atoms with Crippen LogP contribution >= 0.6 is 0 Å². The van der Waals surface area contributed by atoms with Gasteiger partial charge in [-0.3, -0.25) is 4.98 Å². The Morgan fingerprint density at radius 1 is 1.30 bits per heavy atom. The predicted octanol–water partition coefficient (Wildman–Crippen LogP) is 2.65. The molecule has 0 saturated heterocycles. The normalized spacial score (nSPS) is 23.6. The van der Waals surface area contributed by atoms with Gasteiger partial charge >= 0.3 is 0 Å². The molecule has 0 radical (unpaired) electrons. The van der Waals surface area contributed by atoms with Gasteiger partial charge in [0.25, 0.3) is 0 Å². The first-order valence-electron chi connectivity index (χ1n) is 7.64. The molecule has 1 fully saturated rings. The molecule has 1 aromatic rings. The Balaban J connectivity index is 2.08. The molecule has 1 aliphatic rings. The van der Waals surface area contributed by atoms with Crippen molar-refractivity contribution in [3.05, 3.63) is 23.0 Å². The van der Waals surface area contributed by atoms with E-state index in [1.165, 1.54) is 32.1 Å². The smallest absolute Gasteiger partial charge is 0.141 e. The van der Waals surface area contributed by atoms with Crippen molar-refractivity contribution < 1.29 is 10.2 Å². The molecule has 3 N–H and O–H groups in total. The topological polar surface area (TPSA) is 65.4 Å². The number of hydrogen-bond donors (Lipinski definition) is 3. The lowest BCUT2D eigenvalue weighted by Crippen LogP contribution is -2.34. The van der Waals surface area contributed by atoms with Gasteiger partial charge in [0, 0.05) is 29.9 Å². The highest BCUT2D eigenvalue weighted by molar-refractivity contribution is 5.40. The second kappa shape index (κ2) is 7.04. The molecule has 0 aromatic carbocycles. The van der Waals surface area contributed by atoms with Crippen molar-refractivity contribution >= 4 is 0 Å². The number of aromatic hydroxyl groups is 1. The number of rotatable bonds is 4. The molecule has 0 amide bonds. The Hall–Kier alpha value is -1.13. The van der Waals surface area contributed by atoms with E-state index in [9.17, 15) is 10.2 Å². The SMILES string of the molecule is Cc1ncc(CO)c(CNC2CCCCCC2C)c1O. The number of nitrogens with one attached hydrogen (secondary N) is 1. The van der Waals surface area contributed by atoms with Gasteiger partial charge in [-0.05, 0) is 25.7 Å². The molecule has 2 rings (SSSR count). The summed E-state index contributed by atoms with van der Waals surface area (Å²) >= 11 is 0. The molecule has 1 heterocycles. The second-order valence-electron chi connectivity index (χ2n) is 5.96. The van der Waals surface area contributed by atoms with Crippen molar-refractivity contribution in [2.24, 2.45) is 5.92 Å². The molecule has 0 bridgehead atoms. The quantitative estimate of drug-likeness (QED) is 0.741. The molecule has 0 aliphatic heterocycles. The first-order valence-corrected chi connectivity index (χ1v) is 7.64. The van der Waals surface area contributed by atoms with Crippen molar-refractivity contribution in [1.29, 1.82) is 0 Å². The van der Waals surface area contributed by atoms with Gasteiger partial charge in [-0.25, -0.2) is 0 Å². The van der Waals surface area contributed by atoms with Crippen LogP contribution < -0.4 is 5.32 Å². The summed E-state index contributed by atoms with van der Waals surface area (Å²) in [7, 11) is 0. The Morgan fingerprint density at radius 3 is 2.80 bits per heavy atom. The molecule has 112 valence electrons. The number of pyridine rings is 1. The van der Waals surface area contributed by atoms with Crippen LogP contribution in [0.15, 0.2) is 6.20 Å². The van der Waals surface area contributed by atoms with Gasteiger partial charge in [0.1, 0.15) is 5.75 Å². The van der Waals surface area contributed by atoms with Crippen LogP contribution in [0.2, 0.25) is 0 Å². The molecular weight excluding hydrogens is 252 g/mol. The Bertz CT molecular complexity index is 448. The average Bonchev–Trinajstić information content (AvgIpc) is 2.65. The lowest BCUT2D eigenvalue weighted by atomic mass is 9.96. The van der Waals surface area contributed by atoms with Crippen LogP contribution in [0, 0.1) is 12.8 Å². The minimum absolute atomic E-state index is 0.0852. The van der Waals surface area contributed by atoms with E-state index in [4.69, 9.17) is 0 Å². The van der Waals surface area contributed by atoms with Crippen LogP contribution in [0.5, 0.6) is 5.75 Å². The van der Waals surface area contributed by atoms with Gasteiger partial charge in [0.15, 0.2) is 0 Å². The fourth-order valence-electron chi connectivity index (χ4n) is 3.05. The zero-order chi connectivity index (χ0) is 14.5. The molecule has 1 aromatic heterocycles. The van der Waals surface area contributed by atoms with Crippen LogP contribution in [0.3, 0.4) is 0 Å². The van der Waals surface area contributed by atoms with E-state index in [0.29, 0.717) is 29.8 Å². The fourth-order valence-corrected chi connectivity index (χ4v) is 3.05. The zero-order valence-electron chi connectivity index (χ0n) is 12.5. The summed E-state index contributed by atoms with van der Waals surface area (Å²) in [4.78, 5) is 4.10. The Morgan fingerprint density at radius 2 is 2.05 bits per heavy atom. The van der Waals surface area contributed by atoms with Crippen molar-refractivity contribution in [2.75, 3.05) is 0 Å². The number of hydrogen-bond acceptors (Lipinski definition) is 4. The van der Waals surface area contributed by atoms with Gasteiger partial charge in [-0.15, -0.1) is 0 Å². The minimum Gasteiger partial charge on any atom is -0.506 e. The molecule has 20 heavy (non-hydrogen) atoms. The average molecular weight is 278 g/mol. The number of aliphatic hydroxyl groups excluding tert-OH is 1. The summed E-state index contributed by atoms with van der Waals surface area (Å²) < 4.78 is 0. The van der Waals surface area contributed by atoms with Gasteiger partial charge < -0.3 is 15.5 Å². The molecule has 2 atom stereocenters. The molecule has 1 saturated carbocycles. The maximum atomic E-state index is 10.1. The summed E-state index contributed by atoms with van der Waals surface area (Å²) in [6.45, 7) is 4.60. The standard InChI is InChI=1S/C16H26N2O2/c1-11-6-4-3-5-7-15(11)18-9-14-13(10-19)8-17-12(2)16(14)20/h8,11,15,18-20H,3-7,9-10H2,1-2H3. The molecule has 4 heteroatoms. The summed E-state index contributed by atoms with van der Waals surface area (Å²) in [6, 6.07) is 0.497. The van der Waals surface area contributed by atoms with E-state index >= 15 is 0 Å². The Labute approximate surface area is 121 Å². The summed E-state index contributed by atoms with van der Waals surface area (Å²) in [5, 5.41) is 23.1. The number of aryl methyl sites for hydroxylation is 1. The van der Waals surface area contributed by atoms with Gasteiger partial charge in [0.2, 0.25) is 0 Å². The number of aliphatic hydroxyl groups is 1. The fraction of sp³-hybridized carbons (Fsp3) is 0.688. The monoisotopic (exact) mass is 278 g/mol. The van der Waals surface area contributed by atoms with Crippen LogP contribution in [0.25, 0.3) is 0 Å². The maximum absolute atomic E-state index is 10.1. The largest absolute Gasteiger partial charge is 0.506 e. The van der Waals surface area contributed by atoms with Crippen LogP contribution in [0.4, 0.5) is 0 Å². The van der Waals surface area contributed by atoms with Crippen LogP contribution in [-0.2, 0) is 13.2 Å². The van der Waals surface area contributed by atoms with E-state index in [0.717, 1.165) is 5.56 Å². The maximum Gasteiger partial charge on any atom is 0.141 e. The lowest BCUT2D eigenvalue weighted by molar-refractivity contribution is 0.277. The molecule has 2 unspecified atom stereocenters. The van der Waals surface area contributed by atoms with Crippen molar-refractivity contribution in [3.63, 3.8) is 0 Å². The molecule has 1 aliphatic carbocycles. The lowest BCUT2D eigenvalue weighted by Gasteiger charge is -2.24. The zero-order valence-corrected chi connectivity index (χ0v) is 12.5. The third-order valence-electron chi connectivity index (χ3n) is 4.50. The third-order valence-corrected chi connectivity index (χ3v) is 4.50. The van der Waals surface area contributed by atoms with E-state index in [1.54, 1.807) is 13.1 Å². The summed E-state index contributed by atoms with van der Waals surface area (Å²) in [6.07, 6.45) is 8.04. The highest BCUT2D eigenvalue weighted by Gasteiger charge is 2.20. The first-order chi connectivity index (χ1) is 9.63. The number of nitrogens with zero attached hydrogens (tertiary/aromatic N) is 1. The minimum atomic E-state index is -0.0852. The summed E-state index contributed by atoms with van der Waals surface area (Å²) in [5.74, 6) is 0.880. The number of aromatic nitrogens is 1. The summed E-state index contributed by atoms with van der Waals surface area (Å²) in [5.41, 5.74) is 2.12. The third kappa shape index (κ3) is 3.49. The van der Waals surface area contributed by atoms with E-state index in [-0.39, 0.29) is 12.4 Å². The van der Waals surface area contributed by atoms with E-state index in [2.05, 4.69) is 17.2 Å². The van der Waals surface area contributed by atoms with Gasteiger partial charge in [-0.2, -0.15) is 0 Å². The van der Waals surface area contributed by atoms with E-state index in [1.807, 2.05) is 0 Å².